The second-order valence-corrected chi connectivity index (χ2v) is 5.83. The van der Waals surface area contributed by atoms with Gasteiger partial charge in [-0.1, -0.05) is 48.5 Å². The Morgan fingerprint density at radius 2 is 1.76 bits per heavy atom. The number of benzene rings is 2. The summed E-state index contributed by atoms with van der Waals surface area (Å²) in [6.07, 6.45) is 1.45. The number of aromatic amines is 1. The lowest BCUT2D eigenvalue weighted by atomic mass is 10.2. The van der Waals surface area contributed by atoms with E-state index < -0.39 is 0 Å². The molecule has 0 saturated heterocycles. The molecule has 0 fully saturated rings. The Labute approximate surface area is 143 Å². The highest BCUT2D eigenvalue weighted by molar-refractivity contribution is 5.92. The van der Waals surface area contributed by atoms with Crippen LogP contribution in [-0.2, 0) is 0 Å². The first-order valence-electron chi connectivity index (χ1n) is 7.94. The summed E-state index contributed by atoms with van der Waals surface area (Å²) < 4.78 is 1.75. The Balaban J connectivity index is 1.84. The van der Waals surface area contributed by atoms with Gasteiger partial charge in [0.15, 0.2) is 11.6 Å². The first-order chi connectivity index (χ1) is 12.3. The van der Waals surface area contributed by atoms with E-state index in [1.165, 1.54) is 6.33 Å². The van der Waals surface area contributed by atoms with Gasteiger partial charge in [-0.25, -0.2) is 14.5 Å². The van der Waals surface area contributed by atoms with Gasteiger partial charge in [0, 0.05) is 16.5 Å². The van der Waals surface area contributed by atoms with Crippen LogP contribution in [0, 0.1) is 0 Å². The maximum atomic E-state index is 6.15. The van der Waals surface area contributed by atoms with Gasteiger partial charge < -0.3 is 10.7 Å². The number of nitrogens with one attached hydrogen (secondary N) is 1. The number of para-hydroxylation sites is 1. The first kappa shape index (κ1) is 13.7. The van der Waals surface area contributed by atoms with Gasteiger partial charge in [0.05, 0.1) is 5.69 Å². The van der Waals surface area contributed by atoms with Crippen LogP contribution in [0.5, 0.6) is 0 Å². The zero-order valence-electron chi connectivity index (χ0n) is 13.2. The summed E-state index contributed by atoms with van der Waals surface area (Å²) in [6.45, 7) is 0. The number of hydrogen-bond acceptors (Lipinski definition) is 4. The summed E-state index contributed by atoms with van der Waals surface area (Å²) in [7, 11) is 0. The third-order valence-corrected chi connectivity index (χ3v) is 4.28. The topological polar surface area (TPSA) is 84.9 Å². The van der Waals surface area contributed by atoms with Crippen LogP contribution in [0.15, 0.2) is 67.0 Å². The lowest BCUT2D eigenvalue weighted by molar-refractivity contribution is 0.904. The third-order valence-electron chi connectivity index (χ3n) is 4.28. The maximum absolute atomic E-state index is 6.15. The summed E-state index contributed by atoms with van der Waals surface area (Å²) in [6, 6.07) is 20.1. The molecule has 6 nitrogen and oxygen atoms in total. The van der Waals surface area contributed by atoms with Crippen LogP contribution >= 0.6 is 0 Å². The van der Waals surface area contributed by atoms with Crippen molar-refractivity contribution in [1.29, 1.82) is 0 Å². The van der Waals surface area contributed by atoms with Crippen LogP contribution in [0.2, 0.25) is 0 Å². The SMILES string of the molecule is Nc1ncnn2c(-c3ccccc3)nc(-c3cc4ccccc4[nH]3)c12. The fourth-order valence-corrected chi connectivity index (χ4v) is 3.12. The zero-order valence-corrected chi connectivity index (χ0v) is 13.2. The van der Waals surface area contributed by atoms with Gasteiger partial charge in [-0.2, -0.15) is 5.10 Å². The average molecular weight is 326 g/mol. The van der Waals surface area contributed by atoms with Crippen molar-refractivity contribution in [2.24, 2.45) is 0 Å². The smallest absolute Gasteiger partial charge is 0.162 e. The number of anilines is 1. The molecule has 0 radical (unpaired) electrons. The molecule has 0 aliphatic heterocycles. The number of aromatic nitrogens is 5. The van der Waals surface area contributed by atoms with Gasteiger partial charge in [-0.3, -0.25) is 0 Å². The molecule has 0 bridgehead atoms. The fraction of sp³-hybridized carbons (Fsp3) is 0. The van der Waals surface area contributed by atoms with E-state index >= 15 is 0 Å². The monoisotopic (exact) mass is 326 g/mol. The lowest BCUT2D eigenvalue weighted by Gasteiger charge is -2.00. The average Bonchev–Trinajstić information content (AvgIpc) is 3.24. The molecule has 120 valence electrons. The molecular formula is C19H14N6. The normalized spacial score (nSPS) is 11.4. The molecule has 5 aromatic rings. The molecule has 0 atom stereocenters. The predicted octanol–water partition coefficient (Wildman–Crippen LogP) is 3.52. The van der Waals surface area contributed by atoms with Gasteiger partial charge >= 0.3 is 0 Å². The van der Waals surface area contributed by atoms with Gasteiger partial charge in [0.1, 0.15) is 17.5 Å². The van der Waals surface area contributed by atoms with Gasteiger partial charge in [-0.15, -0.1) is 0 Å². The van der Waals surface area contributed by atoms with Crippen molar-refractivity contribution in [2.45, 2.75) is 0 Å². The number of nitrogens with zero attached hydrogens (tertiary/aromatic N) is 4. The van der Waals surface area contributed by atoms with Crippen LogP contribution in [0.25, 0.3) is 39.2 Å². The number of fused-ring (bicyclic) bond motifs is 2. The molecule has 0 unspecified atom stereocenters. The predicted molar refractivity (Wildman–Crippen MR) is 97.9 cm³/mol. The zero-order chi connectivity index (χ0) is 16.8. The molecule has 25 heavy (non-hydrogen) atoms. The fourth-order valence-electron chi connectivity index (χ4n) is 3.12. The van der Waals surface area contributed by atoms with E-state index in [2.05, 4.69) is 27.2 Å². The number of rotatable bonds is 2. The second kappa shape index (κ2) is 5.17. The highest BCUT2D eigenvalue weighted by Gasteiger charge is 2.19. The van der Waals surface area contributed by atoms with Crippen LogP contribution < -0.4 is 5.73 Å². The van der Waals surface area contributed by atoms with E-state index in [1.54, 1.807) is 4.52 Å². The van der Waals surface area contributed by atoms with Crippen molar-refractivity contribution in [3.05, 3.63) is 67.0 Å². The summed E-state index contributed by atoms with van der Waals surface area (Å²) in [4.78, 5) is 12.4. The number of nitrogen functional groups attached to an aromatic ring is 1. The summed E-state index contributed by atoms with van der Waals surface area (Å²) in [5.41, 5.74) is 10.5. The van der Waals surface area contributed by atoms with E-state index in [9.17, 15) is 0 Å². The molecule has 5 rings (SSSR count). The molecule has 3 heterocycles. The Hall–Kier alpha value is -3.67. The van der Waals surface area contributed by atoms with Gasteiger partial charge in [-0.05, 0) is 12.1 Å². The quantitative estimate of drug-likeness (QED) is 0.520. The van der Waals surface area contributed by atoms with Crippen LogP contribution in [0.3, 0.4) is 0 Å². The van der Waals surface area contributed by atoms with Crippen molar-refractivity contribution in [2.75, 3.05) is 5.73 Å². The van der Waals surface area contributed by atoms with E-state index in [1.807, 2.05) is 48.5 Å². The lowest BCUT2D eigenvalue weighted by Crippen LogP contribution is -2.00. The van der Waals surface area contributed by atoms with E-state index in [4.69, 9.17) is 10.7 Å². The van der Waals surface area contributed by atoms with Crippen molar-refractivity contribution >= 4 is 22.2 Å². The number of imidazole rings is 1. The second-order valence-electron chi connectivity index (χ2n) is 5.83. The summed E-state index contributed by atoms with van der Waals surface area (Å²) in [5.74, 6) is 1.14. The maximum Gasteiger partial charge on any atom is 0.162 e. The van der Waals surface area contributed by atoms with Gasteiger partial charge in [0.2, 0.25) is 0 Å². The summed E-state index contributed by atoms with van der Waals surface area (Å²) >= 11 is 0. The molecule has 0 aliphatic carbocycles. The minimum Gasteiger partial charge on any atom is -0.382 e. The Bertz CT molecular complexity index is 1170. The minimum atomic E-state index is 0.401. The van der Waals surface area contributed by atoms with E-state index in [0.717, 1.165) is 33.7 Å². The first-order valence-corrected chi connectivity index (χ1v) is 7.94. The molecule has 0 amide bonds. The van der Waals surface area contributed by atoms with Gasteiger partial charge in [0.25, 0.3) is 0 Å². The number of nitrogens with two attached hydrogens (primary N) is 1. The van der Waals surface area contributed by atoms with Crippen molar-refractivity contribution in [1.82, 2.24) is 24.6 Å². The largest absolute Gasteiger partial charge is 0.382 e. The molecule has 2 aromatic carbocycles. The van der Waals surface area contributed by atoms with Crippen molar-refractivity contribution < 1.29 is 0 Å². The van der Waals surface area contributed by atoms with Crippen LogP contribution in [0.1, 0.15) is 0 Å². The van der Waals surface area contributed by atoms with Crippen molar-refractivity contribution in [3.8, 4) is 22.8 Å². The Morgan fingerprint density at radius 3 is 2.60 bits per heavy atom. The number of hydrogen-bond donors (Lipinski definition) is 2. The van der Waals surface area contributed by atoms with E-state index in [0.29, 0.717) is 11.3 Å². The minimum absolute atomic E-state index is 0.401. The van der Waals surface area contributed by atoms with Crippen molar-refractivity contribution in [3.63, 3.8) is 0 Å². The molecular weight excluding hydrogens is 312 g/mol. The summed E-state index contributed by atoms with van der Waals surface area (Å²) in [5, 5.41) is 5.49. The Morgan fingerprint density at radius 1 is 0.960 bits per heavy atom. The highest BCUT2D eigenvalue weighted by atomic mass is 15.3. The Kier molecular flexibility index (Phi) is 2.84. The molecule has 6 heteroatoms. The van der Waals surface area contributed by atoms with Crippen LogP contribution in [-0.4, -0.2) is 24.6 Å². The van der Waals surface area contributed by atoms with Crippen LogP contribution in [0.4, 0.5) is 5.82 Å². The molecule has 0 saturated carbocycles. The molecule has 0 spiro atoms. The molecule has 0 aliphatic rings. The standard InChI is InChI=1S/C19H14N6/c20-18-17-16(15-10-13-8-4-5-9-14(13)23-15)24-19(25(17)22-11-21-18)12-6-2-1-3-7-12/h1-11,23H,(H2,20,21,22). The molecule has 3 N–H and O–H groups in total. The third kappa shape index (κ3) is 2.08. The van der Waals surface area contributed by atoms with E-state index in [-0.39, 0.29) is 0 Å². The highest BCUT2D eigenvalue weighted by Crippen LogP contribution is 2.32. The number of H-pyrrole nitrogens is 1. The molecule has 3 aromatic heterocycles.